The fraction of sp³-hybridized carbons (Fsp3) is 0.462. The van der Waals surface area contributed by atoms with Crippen LogP contribution < -0.4 is 11.5 Å². The molecule has 0 radical (unpaired) electrons. The van der Waals surface area contributed by atoms with E-state index in [-0.39, 0.29) is 12.3 Å². The highest BCUT2D eigenvalue weighted by Gasteiger charge is 2.22. The minimum absolute atomic E-state index is 0.176. The SMILES string of the molecule is COCCN(Cc1ccccn1)C(=O)C(N)CC(N)=O. The Morgan fingerprint density at radius 3 is 2.75 bits per heavy atom. The molecule has 0 saturated heterocycles. The zero-order valence-electron chi connectivity index (χ0n) is 11.5. The summed E-state index contributed by atoms with van der Waals surface area (Å²) in [4.78, 5) is 28.7. The molecule has 7 nitrogen and oxygen atoms in total. The third kappa shape index (κ3) is 5.33. The summed E-state index contributed by atoms with van der Waals surface area (Å²) in [7, 11) is 1.55. The predicted molar refractivity (Wildman–Crippen MR) is 73.3 cm³/mol. The molecule has 110 valence electrons. The van der Waals surface area contributed by atoms with Crippen LogP contribution in [0.2, 0.25) is 0 Å². The van der Waals surface area contributed by atoms with E-state index < -0.39 is 11.9 Å². The Kier molecular flexibility index (Phi) is 6.61. The molecule has 1 rings (SSSR count). The van der Waals surface area contributed by atoms with Crippen LogP contribution in [0, 0.1) is 0 Å². The van der Waals surface area contributed by atoms with Crippen molar-refractivity contribution in [1.82, 2.24) is 9.88 Å². The summed E-state index contributed by atoms with van der Waals surface area (Å²) >= 11 is 0. The quantitative estimate of drug-likeness (QED) is 0.651. The van der Waals surface area contributed by atoms with Crippen LogP contribution in [-0.4, -0.2) is 48.0 Å². The van der Waals surface area contributed by atoms with Crippen molar-refractivity contribution >= 4 is 11.8 Å². The van der Waals surface area contributed by atoms with E-state index in [1.54, 1.807) is 19.4 Å². The number of primary amides is 1. The first-order chi connectivity index (χ1) is 9.54. The molecule has 0 aliphatic heterocycles. The van der Waals surface area contributed by atoms with Crippen molar-refractivity contribution in [2.45, 2.75) is 19.0 Å². The molecule has 1 atom stereocenters. The lowest BCUT2D eigenvalue weighted by Gasteiger charge is -2.24. The van der Waals surface area contributed by atoms with Gasteiger partial charge in [0.05, 0.1) is 31.3 Å². The van der Waals surface area contributed by atoms with Gasteiger partial charge in [-0.2, -0.15) is 0 Å². The molecule has 0 saturated carbocycles. The smallest absolute Gasteiger partial charge is 0.240 e. The number of pyridine rings is 1. The number of methoxy groups -OCH3 is 1. The van der Waals surface area contributed by atoms with Gasteiger partial charge in [0, 0.05) is 19.9 Å². The fourth-order valence-electron chi connectivity index (χ4n) is 1.69. The number of nitrogens with zero attached hydrogens (tertiary/aromatic N) is 2. The van der Waals surface area contributed by atoms with Crippen LogP contribution in [0.1, 0.15) is 12.1 Å². The summed E-state index contributed by atoms with van der Waals surface area (Å²) in [6.07, 6.45) is 1.47. The highest BCUT2D eigenvalue weighted by atomic mass is 16.5. The van der Waals surface area contributed by atoms with Gasteiger partial charge in [0.15, 0.2) is 0 Å². The van der Waals surface area contributed by atoms with Crippen LogP contribution in [0.5, 0.6) is 0 Å². The molecule has 0 aliphatic carbocycles. The van der Waals surface area contributed by atoms with Gasteiger partial charge < -0.3 is 21.1 Å². The van der Waals surface area contributed by atoms with Gasteiger partial charge in [-0.1, -0.05) is 6.07 Å². The first-order valence-electron chi connectivity index (χ1n) is 6.26. The molecule has 0 bridgehead atoms. The van der Waals surface area contributed by atoms with Crippen LogP contribution in [0.4, 0.5) is 0 Å². The highest BCUT2D eigenvalue weighted by Crippen LogP contribution is 2.04. The lowest BCUT2D eigenvalue weighted by atomic mass is 10.1. The maximum atomic E-state index is 12.2. The van der Waals surface area contributed by atoms with Gasteiger partial charge >= 0.3 is 0 Å². The van der Waals surface area contributed by atoms with Crippen molar-refractivity contribution in [2.75, 3.05) is 20.3 Å². The van der Waals surface area contributed by atoms with E-state index in [2.05, 4.69) is 4.98 Å². The average Bonchev–Trinajstić information content (AvgIpc) is 2.43. The number of nitrogens with two attached hydrogens (primary N) is 2. The molecule has 0 spiro atoms. The number of aromatic nitrogens is 1. The first-order valence-corrected chi connectivity index (χ1v) is 6.26. The first kappa shape index (κ1) is 16.1. The van der Waals surface area contributed by atoms with Crippen molar-refractivity contribution in [3.05, 3.63) is 30.1 Å². The molecule has 0 aromatic carbocycles. The number of hydrogen-bond donors (Lipinski definition) is 2. The normalized spacial score (nSPS) is 11.9. The van der Waals surface area contributed by atoms with Crippen molar-refractivity contribution in [1.29, 1.82) is 0 Å². The van der Waals surface area contributed by atoms with Crippen molar-refractivity contribution in [3.63, 3.8) is 0 Å². The molecule has 1 heterocycles. The van der Waals surface area contributed by atoms with Crippen LogP contribution in [0.25, 0.3) is 0 Å². The predicted octanol–water partition coefficient (Wildman–Crippen LogP) is -0.741. The molecule has 1 aromatic rings. The monoisotopic (exact) mass is 280 g/mol. The van der Waals surface area contributed by atoms with E-state index in [1.165, 1.54) is 4.90 Å². The largest absolute Gasteiger partial charge is 0.383 e. The summed E-state index contributed by atoms with van der Waals surface area (Å²) < 4.78 is 4.97. The summed E-state index contributed by atoms with van der Waals surface area (Å²) in [5, 5.41) is 0. The number of ether oxygens (including phenoxy) is 1. The maximum Gasteiger partial charge on any atom is 0.240 e. The van der Waals surface area contributed by atoms with E-state index >= 15 is 0 Å². The molecular weight excluding hydrogens is 260 g/mol. The minimum Gasteiger partial charge on any atom is -0.383 e. The van der Waals surface area contributed by atoms with E-state index in [1.807, 2.05) is 12.1 Å². The molecule has 0 aliphatic rings. The van der Waals surface area contributed by atoms with Crippen LogP contribution in [0.15, 0.2) is 24.4 Å². The topological polar surface area (TPSA) is 112 Å². The van der Waals surface area contributed by atoms with Gasteiger partial charge in [-0.3, -0.25) is 14.6 Å². The summed E-state index contributed by atoms with van der Waals surface area (Å²) in [6, 6.07) is 4.51. The van der Waals surface area contributed by atoms with Crippen molar-refractivity contribution < 1.29 is 14.3 Å². The Bertz CT molecular complexity index is 439. The third-order valence-electron chi connectivity index (χ3n) is 2.69. The standard InChI is InChI=1S/C13H20N4O3/c1-20-7-6-17(9-10-4-2-3-5-16-10)13(19)11(14)8-12(15)18/h2-5,11H,6-9,14H2,1H3,(H2,15,18). The molecule has 2 amide bonds. The Morgan fingerprint density at radius 2 is 2.20 bits per heavy atom. The van der Waals surface area contributed by atoms with Gasteiger partial charge in [-0.25, -0.2) is 0 Å². The zero-order valence-corrected chi connectivity index (χ0v) is 11.5. The van der Waals surface area contributed by atoms with Gasteiger partial charge in [-0.05, 0) is 12.1 Å². The van der Waals surface area contributed by atoms with E-state index in [9.17, 15) is 9.59 Å². The number of hydrogen-bond acceptors (Lipinski definition) is 5. The van der Waals surface area contributed by atoms with E-state index in [0.717, 1.165) is 5.69 Å². The molecule has 0 fully saturated rings. The second kappa shape index (κ2) is 8.23. The Labute approximate surface area is 117 Å². The van der Waals surface area contributed by atoms with Gasteiger partial charge in [0.2, 0.25) is 11.8 Å². The Hall–Kier alpha value is -1.99. The summed E-state index contributed by atoms with van der Waals surface area (Å²) in [5.74, 6) is -0.943. The zero-order chi connectivity index (χ0) is 15.0. The molecule has 4 N–H and O–H groups in total. The van der Waals surface area contributed by atoms with Crippen molar-refractivity contribution in [3.8, 4) is 0 Å². The van der Waals surface area contributed by atoms with E-state index in [4.69, 9.17) is 16.2 Å². The number of amides is 2. The Balaban J connectivity index is 2.72. The van der Waals surface area contributed by atoms with Gasteiger partial charge in [-0.15, -0.1) is 0 Å². The van der Waals surface area contributed by atoms with Crippen LogP contribution in [-0.2, 0) is 20.9 Å². The van der Waals surface area contributed by atoms with Gasteiger partial charge in [0.25, 0.3) is 0 Å². The molecule has 7 heteroatoms. The highest BCUT2D eigenvalue weighted by molar-refractivity contribution is 5.87. The van der Waals surface area contributed by atoms with Crippen LogP contribution >= 0.6 is 0 Å². The Morgan fingerprint density at radius 1 is 1.45 bits per heavy atom. The summed E-state index contributed by atoms with van der Waals surface area (Å²) in [6.45, 7) is 1.07. The maximum absolute atomic E-state index is 12.2. The lowest BCUT2D eigenvalue weighted by Crippen LogP contribution is -2.46. The fourth-order valence-corrected chi connectivity index (χ4v) is 1.69. The molecule has 1 unspecified atom stereocenters. The lowest BCUT2D eigenvalue weighted by molar-refractivity contribution is -0.135. The van der Waals surface area contributed by atoms with Crippen molar-refractivity contribution in [2.24, 2.45) is 11.5 Å². The number of rotatable bonds is 8. The molecule has 20 heavy (non-hydrogen) atoms. The summed E-state index contributed by atoms with van der Waals surface area (Å²) in [5.41, 5.74) is 11.5. The average molecular weight is 280 g/mol. The van der Waals surface area contributed by atoms with E-state index in [0.29, 0.717) is 19.7 Å². The van der Waals surface area contributed by atoms with Gasteiger partial charge in [0.1, 0.15) is 0 Å². The second-order valence-corrected chi connectivity index (χ2v) is 4.35. The minimum atomic E-state index is -0.937. The van der Waals surface area contributed by atoms with Crippen LogP contribution in [0.3, 0.4) is 0 Å². The number of carbonyl (C=O) groups is 2. The second-order valence-electron chi connectivity index (χ2n) is 4.35. The number of carbonyl (C=O) groups excluding carboxylic acids is 2. The molecule has 1 aromatic heterocycles. The third-order valence-corrected chi connectivity index (χ3v) is 2.69. The molecular formula is C13H20N4O3.